The van der Waals surface area contributed by atoms with Gasteiger partial charge in [-0.2, -0.15) is 9.40 Å². The van der Waals surface area contributed by atoms with Crippen molar-refractivity contribution in [2.75, 3.05) is 13.1 Å². The lowest BCUT2D eigenvalue weighted by atomic mass is 10.4. The number of aromatic nitrogens is 2. The molecule has 96 valence electrons. The topological polar surface area (TPSA) is 105 Å². The Morgan fingerprint density at radius 3 is 2.71 bits per heavy atom. The molecule has 0 saturated heterocycles. The second kappa shape index (κ2) is 5.28. The predicted octanol–water partition coefficient (Wildman–Crippen LogP) is -0.243. The molecule has 3 N–H and O–H groups in total. The minimum atomic E-state index is -3.61. The van der Waals surface area contributed by atoms with Crippen molar-refractivity contribution in [3.8, 4) is 0 Å². The molecule has 1 aromatic rings. The maximum Gasteiger partial charge on any atom is 0.246 e. The lowest BCUT2D eigenvalue weighted by Crippen LogP contribution is -2.38. The van der Waals surface area contributed by atoms with Crippen molar-refractivity contribution in [1.29, 1.82) is 5.41 Å². The van der Waals surface area contributed by atoms with Crippen LogP contribution in [0.15, 0.2) is 17.3 Å². The first kappa shape index (κ1) is 13.7. The van der Waals surface area contributed by atoms with Gasteiger partial charge in [0, 0.05) is 19.8 Å². The second-order valence-corrected chi connectivity index (χ2v) is 5.65. The maximum atomic E-state index is 12.2. The summed E-state index contributed by atoms with van der Waals surface area (Å²) in [7, 11) is -1.96. The Morgan fingerprint density at radius 2 is 2.29 bits per heavy atom. The van der Waals surface area contributed by atoms with Crippen molar-refractivity contribution in [3.63, 3.8) is 0 Å². The summed E-state index contributed by atoms with van der Waals surface area (Å²) in [6.45, 7) is 2.10. The highest BCUT2D eigenvalue weighted by Gasteiger charge is 2.25. The molecule has 1 rings (SSSR count). The van der Waals surface area contributed by atoms with Crippen molar-refractivity contribution in [2.45, 2.75) is 18.2 Å². The molecule has 0 atom stereocenters. The monoisotopic (exact) mass is 259 g/mol. The minimum absolute atomic E-state index is 0.0922. The van der Waals surface area contributed by atoms with E-state index in [-0.39, 0.29) is 17.3 Å². The van der Waals surface area contributed by atoms with Crippen LogP contribution in [-0.4, -0.2) is 41.4 Å². The van der Waals surface area contributed by atoms with Crippen molar-refractivity contribution in [2.24, 2.45) is 12.8 Å². The molecular weight excluding hydrogens is 242 g/mol. The van der Waals surface area contributed by atoms with Crippen LogP contribution in [0.4, 0.5) is 0 Å². The Morgan fingerprint density at radius 1 is 1.65 bits per heavy atom. The normalized spacial score (nSPS) is 11.9. The lowest BCUT2D eigenvalue weighted by molar-refractivity contribution is 0.447. The Kier molecular flexibility index (Phi) is 4.24. The summed E-state index contributed by atoms with van der Waals surface area (Å²) in [5.41, 5.74) is 5.26. The summed E-state index contributed by atoms with van der Waals surface area (Å²) in [6, 6.07) is 0. The number of nitrogens with zero attached hydrogens (tertiary/aromatic N) is 3. The molecule has 0 unspecified atom stereocenters. The molecule has 0 aliphatic heterocycles. The maximum absolute atomic E-state index is 12.2. The Hall–Kier alpha value is -1.41. The third kappa shape index (κ3) is 3.27. The SMILES string of the molecule is CCCN(CC(=N)N)S(=O)(=O)c1cnn(C)c1. The molecule has 1 aromatic heterocycles. The fourth-order valence-corrected chi connectivity index (χ4v) is 2.90. The molecule has 0 aliphatic carbocycles. The van der Waals surface area contributed by atoms with Gasteiger partial charge in [-0.05, 0) is 6.42 Å². The van der Waals surface area contributed by atoms with Crippen molar-refractivity contribution >= 4 is 15.9 Å². The summed E-state index contributed by atoms with van der Waals surface area (Å²) in [5.74, 6) is -0.175. The average molecular weight is 259 g/mol. The van der Waals surface area contributed by atoms with Gasteiger partial charge < -0.3 is 5.73 Å². The molecule has 0 saturated carbocycles. The minimum Gasteiger partial charge on any atom is -0.387 e. The van der Waals surface area contributed by atoms with E-state index in [4.69, 9.17) is 11.1 Å². The van der Waals surface area contributed by atoms with Gasteiger partial charge in [-0.1, -0.05) is 6.92 Å². The number of nitrogens with one attached hydrogen (secondary N) is 1. The quantitative estimate of drug-likeness (QED) is 0.543. The van der Waals surface area contributed by atoms with Gasteiger partial charge in [-0.15, -0.1) is 0 Å². The van der Waals surface area contributed by atoms with Crippen LogP contribution >= 0.6 is 0 Å². The van der Waals surface area contributed by atoms with Crippen LogP contribution in [0.1, 0.15) is 13.3 Å². The van der Waals surface area contributed by atoms with E-state index in [1.54, 1.807) is 7.05 Å². The summed E-state index contributed by atoms with van der Waals surface area (Å²) in [6.07, 6.45) is 3.38. The van der Waals surface area contributed by atoms with Crippen LogP contribution in [0, 0.1) is 5.41 Å². The molecule has 0 aliphatic rings. The molecule has 7 nitrogen and oxygen atoms in total. The van der Waals surface area contributed by atoms with Gasteiger partial charge in [0.15, 0.2) is 0 Å². The van der Waals surface area contributed by atoms with Crippen LogP contribution in [0.25, 0.3) is 0 Å². The molecule has 1 heterocycles. The van der Waals surface area contributed by atoms with E-state index in [1.165, 1.54) is 21.4 Å². The number of sulfonamides is 1. The lowest BCUT2D eigenvalue weighted by Gasteiger charge is -2.19. The van der Waals surface area contributed by atoms with Gasteiger partial charge in [0.1, 0.15) is 10.7 Å². The van der Waals surface area contributed by atoms with Crippen LogP contribution in [0.3, 0.4) is 0 Å². The molecule has 0 amide bonds. The molecule has 17 heavy (non-hydrogen) atoms. The van der Waals surface area contributed by atoms with Gasteiger partial charge in [0.05, 0.1) is 12.7 Å². The molecule has 0 aromatic carbocycles. The van der Waals surface area contributed by atoms with Crippen LogP contribution < -0.4 is 5.73 Å². The number of hydrogen-bond donors (Lipinski definition) is 2. The van der Waals surface area contributed by atoms with Crippen molar-refractivity contribution in [1.82, 2.24) is 14.1 Å². The Bertz CT molecular complexity index is 493. The summed E-state index contributed by atoms with van der Waals surface area (Å²) in [4.78, 5) is 0.120. The first-order valence-corrected chi connectivity index (χ1v) is 6.63. The second-order valence-electron chi connectivity index (χ2n) is 3.71. The molecular formula is C9H17N5O2S. The summed E-state index contributed by atoms with van der Waals surface area (Å²) >= 11 is 0. The zero-order chi connectivity index (χ0) is 13.1. The highest BCUT2D eigenvalue weighted by molar-refractivity contribution is 7.89. The van der Waals surface area contributed by atoms with E-state index in [9.17, 15) is 8.42 Å². The molecule has 8 heteroatoms. The number of hydrogen-bond acceptors (Lipinski definition) is 4. The largest absolute Gasteiger partial charge is 0.387 e. The Balaban J connectivity index is 3.03. The summed E-state index contributed by atoms with van der Waals surface area (Å²) < 4.78 is 27.0. The van der Waals surface area contributed by atoms with E-state index < -0.39 is 10.0 Å². The van der Waals surface area contributed by atoms with E-state index in [2.05, 4.69) is 5.10 Å². The fraction of sp³-hybridized carbons (Fsp3) is 0.556. The van der Waals surface area contributed by atoms with Crippen molar-refractivity contribution in [3.05, 3.63) is 12.4 Å². The van der Waals surface area contributed by atoms with Gasteiger partial charge >= 0.3 is 0 Å². The first-order chi connectivity index (χ1) is 7.87. The van der Waals surface area contributed by atoms with E-state index in [1.807, 2.05) is 6.92 Å². The first-order valence-electron chi connectivity index (χ1n) is 5.19. The molecule has 0 fully saturated rings. The van der Waals surface area contributed by atoms with Crippen LogP contribution in [0.5, 0.6) is 0 Å². The molecule has 0 spiro atoms. The zero-order valence-electron chi connectivity index (χ0n) is 9.92. The third-order valence-corrected chi connectivity index (χ3v) is 3.94. The van der Waals surface area contributed by atoms with Gasteiger partial charge in [0.2, 0.25) is 10.0 Å². The van der Waals surface area contributed by atoms with E-state index in [0.29, 0.717) is 13.0 Å². The average Bonchev–Trinajstić information content (AvgIpc) is 2.64. The van der Waals surface area contributed by atoms with E-state index >= 15 is 0 Å². The van der Waals surface area contributed by atoms with Crippen LogP contribution in [0.2, 0.25) is 0 Å². The molecule has 0 bridgehead atoms. The number of aryl methyl sites for hydroxylation is 1. The van der Waals surface area contributed by atoms with E-state index in [0.717, 1.165) is 0 Å². The fourth-order valence-electron chi connectivity index (χ4n) is 1.40. The zero-order valence-corrected chi connectivity index (χ0v) is 10.7. The van der Waals surface area contributed by atoms with Crippen molar-refractivity contribution < 1.29 is 8.42 Å². The van der Waals surface area contributed by atoms with Crippen LogP contribution in [-0.2, 0) is 17.1 Å². The molecule has 0 radical (unpaired) electrons. The van der Waals surface area contributed by atoms with Gasteiger partial charge in [-0.25, -0.2) is 8.42 Å². The highest BCUT2D eigenvalue weighted by Crippen LogP contribution is 2.14. The third-order valence-electron chi connectivity index (χ3n) is 2.14. The summed E-state index contributed by atoms with van der Waals surface area (Å²) in [5, 5.41) is 11.0. The van der Waals surface area contributed by atoms with Gasteiger partial charge in [0.25, 0.3) is 0 Å². The smallest absolute Gasteiger partial charge is 0.246 e. The predicted molar refractivity (Wildman–Crippen MR) is 64.2 cm³/mol. The number of nitrogens with two attached hydrogens (primary N) is 1. The Labute approximate surface area is 101 Å². The highest BCUT2D eigenvalue weighted by atomic mass is 32.2. The number of amidine groups is 1. The number of rotatable bonds is 6. The standard InChI is InChI=1S/C9H17N5O2S/c1-3-4-14(7-9(10)11)17(15,16)8-5-12-13(2)6-8/h5-6H,3-4,7H2,1-2H3,(H3,10,11). The van der Waals surface area contributed by atoms with Gasteiger partial charge in [-0.3, -0.25) is 10.1 Å².